The first kappa shape index (κ1) is 14.5. The third-order valence-corrected chi connectivity index (χ3v) is 2.90. The van der Waals surface area contributed by atoms with Gasteiger partial charge >= 0.3 is 5.97 Å². The molecule has 0 fully saturated rings. The number of ether oxygens (including phenoxy) is 1. The molecule has 2 aromatic carbocycles. The molecule has 0 saturated heterocycles. The topological polar surface area (TPSA) is 80.7 Å². The van der Waals surface area contributed by atoms with Gasteiger partial charge in [0.2, 0.25) is 11.6 Å². The molecule has 0 aromatic heterocycles. The van der Waals surface area contributed by atoms with E-state index in [0.29, 0.717) is 5.56 Å². The van der Waals surface area contributed by atoms with Crippen LogP contribution in [0.25, 0.3) is 0 Å². The second-order valence-corrected chi connectivity index (χ2v) is 4.27. The summed E-state index contributed by atoms with van der Waals surface area (Å²) in [5, 5.41) is 9.16. The summed E-state index contributed by atoms with van der Waals surface area (Å²) in [6, 6.07) is 11.0. The molecule has 0 saturated carbocycles. The summed E-state index contributed by atoms with van der Waals surface area (Å²) in [5.41, 5.74) is 0.668. The number of carbonyl (C=O) groups is 3. The van der Waals surface area contributed by atoms with Crippen molar-refractivity contribution in [3.05, 3.63) is 65.2 Å². The molecule has 2 rings (SSSR count). The molecule has 5 heteroatoms. The Balaban J connectivity index is 2.21. The summed E-state index contributed by atoms with van der Waals surface area (Å²) in [6.45, 7) is 0. The molecule has 0 amide bonds. The van der Waals surface area contributed by atoms with E-state index < -0.39 is 17.5 Å². The van der Waals surface area contributed by atoms with Crippen LogP contribution >= 0.6 is 0 Å². The fraction of sp³-hybridized carbons (Fsp3) is 0.0625. The smallest absolute Gasteiger partial charge is 0.337 e. The molecule has 0 atom stereocenters. The maximum atomic E-state index is 12.1. The second-order valence-electron chi connectivity index (χ2n) is 4.27. The number of hydrogen-bond donors (Lipinski definition) is 1. The van der Waals surface area contributed by atoms with Gasteiger partial charge in [0.05, 0.1) is 12.7 Å². The zero-order valence-corrected chi connectivity index (χ0v) is 11.2. The lowest BCUT2D eigenvalue weighted by atomic mass is 10.0. The molecule has 0 unspecified atom stereocenters. The minimum atomic E-state index is -0.683. The summed E-state index contributed by atoms with van der Waals surface area (Å²) < 4.78 is 4.55. The molecule has 0 bridgehead atoms. The van der Waals surface area contributed by atoms with Crippen LogP contribution in [-0.2, 0) is 4.74 Å². The Hall–Kier alpha value is -2.95. The van der Waals surface area contributed by atoms with Crippen molar-refractivity contribution in [2.75, 3.05) is 7.11 Å². The first-order chi connectivity index (χ1) is 10.0. The highest BCUT2D eigenvalue weighted by Crippen LogP contribution is 2.13. The van der Waals surface area contributed by atoms with Crippen LogP contribution in [0.5, 0.6) is 5.75 Å². The molecular weight excluding hydrogens is 272 g/mol. The van der Waals surface area contributed by atoms with Gasteiger partial charge in [0.25, 0.3) is 0 Å². The molecule has 0 aliphatic carbocycles. The number of phenolic OH excluding ortho intramolecular Hbond substituents is 1. The van der Waals surface area contributed by atoms with E-state index in [9.17, 15) is 14.4 Å². The van der Waals surface area contributed by atoms with E-state index in [1.807, 2.05) is 0 Å². The number of benzene rings is 2. The van der Waals surface area contributed by atoms with Crippen molar-refractivity contribution in [2.45, 2.75) is 0 Å². The van der Waals surface area contributed by atoms with Crippen LogP contribution in [0.3, 0.4) is 0 Å². The highest BCUT2D eigenvalue weighted by molar-refractivity contribution is 6.49. The largest absolute Gasteiger partial charge is 0.508 e. The van der Waals surface area contributed by atoms with Crippen LogP contribution < -0.4 is 0 Å². The second kappa shape index (κ2) is 6.00. The first-order valence-electron chi connectivity index (χ1n) is 6.09. The van der Waals surface area contributed by atoms with Crippen molar-refractivity contribution in [1.29, 1.82) is 0 Å². The van der Waals surface area contributed by atoms with E-state index in [0.717, 1.165) is 0 Å². The molecule has 0 heterocycles. The average Bonchev–Trinajstić information content (AvgIpc) is 2.53. The minimum Gasteiger partial charge on any atom is -0.508 e. The van der Waals surface area contributed by atoms with Gasteiger partial charge in [-0.1, -0.05) is 12.1 Å². The predicted molar refractivity (Wildman–Crippen MR) is 74.5 cm³/mol. The lowest BCUT2D eigenvalue weighted by Gasteiger charge is -2.03. The Bertz CT molecular complexity index is 684. The Morgan fingerprint density at radius 2 is 1.14 bits per heavy atom. The van der Waals surface area contributed by atoms with E-state index in [1.54, 1.807) is 0 Å². The number of ketones is 2. The van der Waals surface area contributed by atoms with Crippen LogP contribution in [0.2, 0.25) is 0 Å². The van der Waals surface area contributed by atoms with E-state index in [1.165, 1.54) is 55.6 Å². The first-order valence-corrected chi connectivity index (χ1v) is 6.09. The molecule has 0 aliphatic heterocycles. The Kier molecular flexibility index (Phi) is 4.13. The minimum absolute atomic E-state index is 0.0152. The zero-order chi connectivity index (χ0) is 15.4. The number of carbonyl (C=O) groups excluding carboxylic acids is 3. The molecule has 1 N–H and O–H groups in total. The van der Waals surface area contributed by atoms with Gasteiger partial charge in [-0.15, -0.1) is 0 Å². The fourth-order valence-corrected chi connectivity index (χ4v) is 1.75. The number of methoxy groups -OCH3 is 1. The molecule has 21 heavy (non-hydrogen) atoms. The van der Waals surface area contributed by atoms with Crippen LogP contribution in [-0.4, -0.2) is 29.8 Å². The highest BCUT2D eigenvalue weighted by atomic mass is 16.5. The SMILES string of the molecule is COC(=O)c1ccc(C(=O)C(=O)c2ccc(O)cc2)cc1. The van der Waals surface area contributed by atoms with E-state index in [-0.39, 0.29) is 16.9 Å². The maximum Gasteiger partial charge on any atom is 0.337 e. The number of rotatable bonds is 4. The molecule has 2 aromatic rings. The molecule has 0 radical (unpaired) electrons. The van der Waals surface area contributed by atoms with Crippen molar-refractivity contribution >= 4 is 17.5 Å². The van der Waals surface area contributed by atoms with E-state index >= 15 is 0 Å². The highest BCUT2D eigenvalue weighted by Gasteiger charge is 2.18. The monoisotopic (exact) mass is 284 g/mol. The maximum absolute atomic E-state index is 12.1. The average molecular weight is 284 g/mol. The lowest BCUT2D eigenvalue weighted by Crippen LogP contribution is -2.14. The normalized spacial score (nSPS) is 9.95. The number of aromatic hydroxyl groups is 1. The standard InChI is InChI=1S/C16H12O5/c1-21-16(20)12-4-2-10(3-5-12)14(18)15(19)11-6-8-13(17)9-7-11/h2-9,17H,1H3. The van der Waals surface area contributed by atoms with Crippen molar-refractivity contribution in [3.8, 4) is 5.75 Å². The summed E-state index contributed by atoms with van der Waals surface area (Å²) in [6.07, 6.45) is 0. The Morgan fingerprint density at radius 1 is 0.762 bits per heavy atom. The van der Waals surface area contributed by atoms with Crippen LogP contribution in [0.4, 0.5) is 0 Å². The number of esters is 1. The van der Waals surface area contributed by atoms with Gasteiger partial charge in [-0.3, -0.25) is 9.59 Å². The summed E-state index contributed by atoms with van der Waals surface area (Å²) in [5.74, 6) is -1.86. The number of phenols is 1. The molecule has 5 nitrogen and oxygen atoms in total. The van der Waals surface area contributed by atoms with Crippen LogP contribution in [0.15, 0.2) is 48.5 Å². The number of Topliss-reactive ketones (excluding diaryl/α,β-unsaturated/α-hetero) is 2. The van der Waals surface area contributed by atoms with Gasteiger partial charge in [0, 0.05) is 11.1 Å². The fourth-order valence-electron chi connectivity index (χ4n) is 1.75. The number of hydrogen-bond acceptors (Lipinski definition) is 5. The van der Waals surface area contributed by atoms with Gasteiger partial charge in [-0.2, -0.15) is 0 Å². The molecule has 0 aliphatic rings. The Morgan fingerprint density at radius 3 is 1.57 bits per heavy atom. The van der Waals surface area contributed by atoms with E-state index in [2.05, 4.69) is 4.74 Å². The van der Waals surface area contributed by atoms with Gasteiger partial charge in [-0.25, -0.2) is 4.79 Å². The summed E-state index contributed by atoms with van der Waals surface area (Å²) >= 11 is 0. The van der Waals surface area contributed by atoms with Crippen molar-refractivity contribution in [2.24, 2.45) is 0 Å². The van der Waals surface area contributed by atoms with Gasteiger partial charge in [-0.05, 0) is 36.4 Å². The summed E-state index contributed by atoms with van der Waals surface area (Å²) in [4.78, 5) is 35.3. The van der Waals surface area contributed by atoms with Crippen molar-refractivity contribution in [1.82, 2.24) is 0 Å². The summed E-state index contributed by atoms with van der Waals surface area (Å²) in [7, 11) is 1.26. The van der Waals surface area contributed by atoms with Gasteiger partial charge < -0.3 is 9.84 Å². The lowest BCUT2D eigenvalue weighted by molar-refractivity contribution is 0.0600. The van der Waals surface area contributed by atoms with Crippen LogP contribution in [0, 0.1) is 0 Å². The van der Waals surface area contributed by atoms with Gasteiger partial charge in [0.1, 0.15) is 5.75 Å². The predicted octanol–water partition coefficient (Wildman–Crippen LogP) is 2.24. The molecular formula is C16H12O5. The quantitative estimate of drug-likeness (QED) is 0.529. The Labute approximate surface area is 120 Å². The third kappa shape index (κ3) is 3.14. The van der Waals surface area contributed by atoms with Crippen LogP contribution in [0.1, 0.15) is 31.1 Å². The molecule has 0 spiro atoms. The van der Waals surface area contributed by atoms with Gasteiger partial charge in [0.15, 0.2) is 0 Å². The third-order valence-electron chi connectivity index (χ3n) is 2.90. The van der Waals surface area contributed by atoms with Crippen molar-refractivity contribution in [3.63, 3.8) is 0 Å². The molecule has 106 valence electrons. The van der Waals surface area contributed by atoms with Crippen molar-refractivity contribution < 1.29 is 24.2 Å². The zero-order valence-electron chi connectivity index (χ0n) is 11.2. The van der Waals surface area contributed by atoms with E-state index in [4.69, 9.17) is 5.11 Å².